The van der Waals surface area contributed by atoms with E-state index in [4.69, 9.17) is 6.57 Å². The van der Waals surface area contributed by atoms with E-state index in [2.05, 4.69) is 30.0 Å². The van der Waals surface area contributed by atoms with Crippen molar-refractivity contribution in [1.29, 1.82) is 0 Å². The van der Waals surface area contributed by atoms with Crippen molar-refractivity contribution in [3.63, 3.8) is 0 Å². The molecule has 0 bridgehead atoms. The number of aromatic amines is 2. The molecule has 0 amide bonds. The van der Waals surface area contributed by atoms with Gasteiger partial charge in [-0.15, -0.1) is 11.3 Å². The summed E-state index contributed by atoms with van der Waals surface area (Å²) in [5, 5.41) is 8.60. The molecule has 0 radical (unpaired) electrons. The summed E-state index contributed by atoms with van der Waals surface area (Å²) >= 11 is 1.46. The first-order valence-electron chi connectivity index (χ1n) is 6.92. The number of hydrogen-bond donors (Lipinski definition) is 2. The molecule has 114 valence electrons. The van der Waals surface area contributed by atoms with Crippen LogP contribution in [0.25, 0.3) is 15.4 Å². The minimum Gasteiger partial charge on any atom is -0.341 e. The van der Waals surface area contributed by atoms with Crippen LogP contribution < -0.4 is 10.5 Å². The van der Waals surface area contributed by atoms with Crippen molar-refractivity contribution in [3.05, 3.63) is 51.4 Å². The smallest absolute Gasteiger partial charge is 0.276 e. The molecule has 0 atom stereocenters. The van der Waals surface area contributed by atoms with Crippen LogP contribution in [-0.2, 0) is 0 Å². The van der Waals surface area contributed by atoms with Crippen molar-refractivity contribution in [3.8, 4) is 10.6 Å². The average molecular weight is 325 g/mol. The van der Waals surface area contributed by atoms with E-state index in [-0.39, 0.29) is 11.6 Å². The third-order valence-corrected chi connectivity index (χ3v) is 4.63. The Morgan fingerprint density at radius 3 is 2.96 bits per heavy atom. The molecule has 3 aromatic heterocycles. The lowest BCUT2D eigenvalue weighted by Crippen LogP contribution is -2.47. The Balaban J connectivity index is 1.66. The van der Waals surface area contributed by atoms with Gasteiger partial charge in [-0.3, -0.25) is 9.89 Å². The van der Waals surface area contributed by atoms with Gasteiger partial charge in [0.15, 0.2) is 0 Å². The minimum absolute atomic E-state index is 0.0310. The fourth-order valence-corrected chi connectivity index (χ4v) is 3.24. The first-order chi connectivity index (χ1) is 11.3. The zero-order valence-corrected chi connectivity index (χ0v) is 12.7. The molecule has 0 spiro atoms. The van der Waals surface area contributed by atoms with Gasteiger partial charge in [-0.25, -0.2) is 14.8 Å². The summed E-state index contributed by atoms with van der Waals surface area (Å²) in [6.45, 7) is 8.62. The molecular weight excluding hydrogens is 314 g/mol. The van der Waals surface area contributed by atoms with Crippen LogP contribution >= 0.6 is 11.3 Å². The number of anilines is 1. The van der Waals surface area contributed by atoms with E-state index in [1.165, 1.54) is 17.7 Å². The Kier molecular flexibility index (Phi) is 3.17. The second-order valence-corrected chi connectivity index (χ2v) is 6.10. The van der Waals surface area contributed by atoms with E-state index in [1.54, 1.807) is 0 Å². The maximum Gasteiger partial charge on any atom is 0.276 e. The minimum atomic E-state index is -0.406. The number of aromatic nitrogens is 5. The maximum atomic E-state index is 12.2. The first kappa shape index (κ1) is 13.7. The monoisotopic (exact) mass is 325 g/mol. The van der Waals surface area contributed by atoms with E-state index in [1.807, 2.05) is 22.4 Å². The van der Waals surface area contributed by atoms with E-state index < -0.39 is 5.56 Å². The summed E-state index contributed by atoms with van der Waals surface area (Å²) in [6, 6.07) is 3.73. The van der Waals surface area contributed by atoms with Crippen LogP contribution in [0.3, 0.4) is 0 Å². The highest BCUT2D eigenvalue weighted by Crippen LogP contribution is 2.32. The lowest BCUT2D eigenvalue weighted by atomic mass is 10.0. The molecule has 0 saturated carbocycles. The quantitative estimate of drug-likeness (QED) is 0.716. The summed E-state index contributed by atoms with van der Waals surface area (Å²) in [6.07, 6.45) is 1.48. The summed E-state index contributed by atoms with van der Waals surface area (Å²) in [5.74, 6) is 1.56. The fraction of sp³-hybridized carbons (Fsp3) is 0.214. The van der Waals surface area contributed by atoms with Gasteiger partial charge < -0.3 is 9.88 Å². The molecule has 4 heterocycles. The molecule has 0 unspecified atom stereocenters. The highest BCUT2D eigenvalue weighted by Gasteiger charge is 2.32. The Morgan fingerprint density at radius 1 is 1.43 bits per heavy atom. The highest BCUT2D eigenvalue weighted by atomic mass is 32.1. The number of thiophene rings is 1. The Morgan fingerprint density at radius 2 is 2.30 bits per heavy atom. The zero-order chi connectivity index (χ0) is 15.8. The summed E-state index contributed by atoms with van der Waals surface area (Å²) in [7, 11) is 0. The molecule has 0 aromatic carbocycles. The van der Waals surface area contributed by atoms with Gasteiger partial charge >= 0.3 is 0 Å². The van der Waals surface area contributed by atoms with E-state index in [9.17, 15) is 4.79 Å². The Bertz CT molecular complexity index is 917. The van der Waals surface area contributed by atoms with Crippen LogP contribution in [0.15, 0.2) is 28.6 Å². The first-order valence-corrected chi connectivity index (χ1v) is 7.80. The molecule has 9 heteroatoms. The van der Waals surface area contributed by atoms with Crippen molar-refractivity contribution in [2.75, 3.05) is 18.0 Å². The van der Waals surface area contributed by atoms with Crippen LogP contribution in [0.5, 0.6) is 0 Å². The molecular formula is C14H11N7OS. The van der Waals surface area contributed by atoms with E-state index in [0.29, 0.717) is 24.7 Å². The maximum absolute atomic E-state index is 12.2. The van der Waals surface area contributed by atoms with Crippen molar-refractivity contribution < 1.29 is 0 Å². The number of rotatable bonds is 3. The van der Waals surface area contributed by atoms with Crippen molar-refractivity contribution in [1.82, 2.24) is 25.1 Å². The Hall–Kier alpha value is -2.99. The summed E-state index contributed by atoms with van der Waals surface area (Å²) in [4.78, 5) is 29.6. The molecule has 1 saturated heterocycles. The molecule has 1 fully saturated rings. The number of nitrogens with zero attached hydrogens (tertiary/aromatic N) is 5. The van der Waals surface area contributed by atoms with Gasteiger partial charge in [-0.2, -0.15) is 5.10 Å². The van der Waals surface area contributed by atoms with Crippen LogP contribution in [0, 0.1) is 6.57 Å². The molecule has 2 N–H and O–H groups in total. The van der Waals surface area contributed by atoms with Gasteiger partial charge in [0.05, 0.1) is 18.2 Å². The predicted octanol–water partition coefficient (Wildman–Crippen LogP) is 1.77. The number of H-pyrrole nitrogens is 2. The van der Waals surface area contributed by atoms with Crippen molar-refractivity contribution >= 4 is 23.0 Å². The van der Waals surface area contributed by atoms with Gasteiger partial charge in [0, 0.05) is 18.0 Å². The standard InChI is InChI=1S/C14H11N7OS/c1-15-11-10(9-3-2-4-23-9)18-14(19-13(11)22)21-5-8(6-21)12-16-7-17-20-12/h2-4,7-8H,5-6H2,(H,16,17,20)(H,18,19,22). The van der Waals surface area contributed by atoms with Crippen LogP contribution in [-0.4, -0.2) is 38.2 Å². The largest absolute Gasteiger partial charge is 0.341 e. The molecule has 8 nitrogen and oxygen atoms in total. The van der Waals surface area contributed by atoms with Crippen LogP contribution in [0.1, 0.15) is 11.7 Å². The molecule has 23 heavy (non-hydrogen) atoms. The normalized spacial score (nSPS) is 14.5. The zero-order valence-electron chi connectivity index (χ0n) is 11.9. The number of hydrogen-bond acceptors (Lipinski definition) is 6. The second kappa shape index (κ2) is 5.33. The summed E-state index contributed by atoms with van der Waals surface area (Å²) < 4.78 is 0. The van der Waals surface area contributed by atoms with Crippen molar-refractivity contribution in [2.24, 2.45) is 0 Å². The molecule has 0 aliphatic carbocycles. The topological polar surface area (TPSA) is 94.9 Å². The third-order valence-electron chi connectivity index (χ3n) is 3.75. The fourth-order valence-electron chi connectivity index (χ4n) is 2.53. The second-order valence-electron chi connectivity index (χ2n) is 5.15. The SMILES string of the molecule is [C-]#[N+]c1c(-c2cccs2)nc(N2CC(c3ncn[nH]3)C2)[nH]c1=O. The third kappa shape index (κ3) is 2.29. The highest BCUT2D eigenvalue weighted by molar-refractivity contribution is 7.13. The Labute approximate surface area is 134 Å². The predicted molar refractivity (Wildman–Crippen MR) is 85.8 cm³/mol. The number of nitrogens with one attached hydrogen (secondary N) is 2. The van der Waals surface area contributed by atoms with Crippen LogP contribution in [0.2, 0.25) is 0 Å². The van der Waals surface area contributed by atoms with E-state index >= 15 is 0 Å². The summed E-state index contributed by atoms with van der Waals surface area (Å²) in [5.41, 5.74) is 0.0666. The molecule has 1 aliphatic heterocycles. The van der Waals surface area contributed by atoms with Crippen LogP contribution in [0.4, 0.5) is 11.6 Å². The molecule has 3 aromatic rings. The van der Waals surface area contributed by atoms with Gasteiger partial charge in [-0.05, 0) is 11.4 Å². The van der Waals surface area contributed by atoms with E-state index in [0.717, 1.165) is 10.7 Å². The lowest BCUT2D eigenvalue weighted by Gasteiger charge is -2.38. The average Bonchev–Trinajstić information content (AvgIpc) is 3.19. The van der Waals surface area contributed by atoms with Crippen molar-refractivity contribution in [2.45, 2.75) is 5.92 Å². The van der Waals surface area contributed by atoms with Gasteiger partial charge in [0.25, 0.3) is 11.2 Å². The molecule has 4 rings (SSSR count). The van der Waals surface area contributed by atoms with Gasteiger partial charge in [0.2, 0.25) is 5.95 Å². The lowest BCUT2D eigenvalue weighted by molar-refractivity contribution is 0.492. The van der Waals surface area contributed by atoms with Gasteiger partial charge in [0.1, 0.15) is 12.2 Å². The molecule has 1 aliphatic rings. The van der Waals surface area contributed by atoms with Gasteiger partial charge in [-0.1, -0.05) is 6.07 Å².